The van der Waals surface area contributed by atoms with Gasteiger partial charge >= 0.3 is 24.5 Å². The summed E-state index contributed by atoms with van der Waals surface area (Å²) < 4.78 is 121. The third-order valence-electron chi connectivity index (χ3n) is 4.66. The van der Waals surface area contributed by atoms with Crippen LogP contribution in [-0.2, 0) is 28.5 Å². The van der Waals surface area contributed by atoms with Crippen LogP contribution in [0.25, 0.3) is 6.08 Å². The summed E-state index contributed by atoms with van der Waals surface area (Å²) in [7, 11) is 1.26. The highest BCUT2D eigenvalue weighted by Gasteiger charge is 2.39. The SMILES string of the molecule is COc1cc(/C=C(\C#N)C(=O)NCCN)ccc1OCc1ccc(C(F)(F)F)cc1C(F)(F)F.O=C(O)C(F)(F)F. The highest BCUT2D eigenvalue weighted by Crippen LogP contribution is 2.38. The molecule has 1 amide bonds. The van der Waals surface area contributed by atoms with E-state index >= 15 is 0 Å². The average Bonchev–Trinajstić information content (AvgIpc) is 2.87. The number of carboxylic acid groups (broad SMARTS) is 1. The molecule has 0 fully saturated rings. The number of carboxylic acids is 1. The molecule has 0 aliphatic carbocycles. The van der Waals surface area contributed by atoms with Gasteiger partial charge in [0.25, 0.3) is 5.91 Å². The summed E-state index contributed by atoms with van der Waals surface area (Å²) in [6.07, 6.45) is -13.8. The van der Waals surface area contributed by atoms with Crippen molar-refractivity contribution in [1.82, 2.24) is 5.32 Å². The molecule has 17 heteroatoms. The van der Waals surface area contributed by atoms with Crippen molar-refractivity contribution in [2.24, 2.45) is 5.73 Å². The topological polar surface area (TPSA) is 135 Å². The quantitative estimate of drug-likeness (QED) is 0.222. The van der Waals surface area contributed by atoms with E-state index in [-0.39, 0.29) is 36.2 Å². The van der Waals surface area contributed by atoms with Crippen molar-refractivity contribution in [2.75, 3.05) is 20.2 Å². The van der Waals surface area contributed by atoms with Crippen molar-refractivity contribution in [3.05, 3.63) is 64.2 Å². The minimum absolute atomic E-state index is 0.00115. The van der Waals surface area contributed by atoms with E-state index in [1.165, 1.54) is 31.4 Å². The Hall–Kier alpha value is -4.46. The molecule has 4 N–H and O–H groups in total. The number of hydrogen-bond donors (Lipinski definition) is 3. The molecule has 0 aliphatic rings. The van der Waals surface area contributed by atoms with Gasteiger partial charge in [-0.2, -0.15) is 44.8 Å². The smallest absolute Gasteiger partial charge is 0.490 e. The van der Waals surface area contributed by atoms with Crippen LogP contribution >= 0.6 is 0 Å². The van der Waals surface area contributed by atoms with E-state index in [4.69, 9.17) is 25.1 Å². The molecule has 0 atom stereocenters. The molecular weight excluding hydrogens is 581 g/mol. The predicted molar refractivity (Wildman–Crippen MR) is 123 cm³/mol. The van der Waals surface area contributed by atoms with Crippen LogP contribution in [0.2, 0.25) is 0 Å². The number of halogens is 9. The number of amides is 1. The summed E-state index contributed by atoms with van der Waals surface area (Å²) in [5.41, 5.74) is 2.03. The van der Waals surface area contributed by atoms with Crippen molar-refractivity contribution in [3.8, 4) is 17.6 Å². The first kappa shape index (κ1) is 34.6. The van der Waals surface area contributed by atoms with Gasteiger partial charge in [-0.3, -0.25) is 4.79 Å². The van der Waals surface area contributed by atoms with Crippen LogP contribution in [0.4, 0.5) is 39.5 Å². The minimum atomic E-state index is -5.08. The molecular formula is C24H20F9N3O5. The fraction of sp³-hybridized carbons (Fsp3) is 0.292. The third kappa shape index (κ3) is 10.9. The highest BCUT2D eigenvalue weighted by molar-refractivity contribution is 6.01. The number of aliphatic carboxylic acids is 1. The zero-order chi connectivity index (χ0) is 31.6. The van der Waals surface area contributed by atoms with Crippen LogP contribution in [0, 0.1) is 11.3 Å². The molecule has 8 nitrogen and oxygen atoms in total. The van der Waals surface area contributed by atoms with Gasteiger partial charge in [-0.05, 0) is 35.9 Å². The van der Waals surface area contributed by atoms with Crippen molar-refractivity contribution in [1.29, 1.82) is 5.26 Å². The molecule has 224 valence electrons. The van der Waals surface area contributed by atoms with Crippen LogP contribution in [0.1, 0.15) is 22.3 Å². The first-order valence-corrected chi connectivity index (χ1v) is 10.8. The molecule has 0 heterocycles. The number of methoxy groups -OCH3 is 1. The maximum Gasteiger partial charge on any atom is 0.490 e. The van der Waals surface area contributed by atoms with E-state index < -0.39 is 53.7 Å². The molecule has 0 saturated carbocycles. The van der Waals surface area contributed by atoms with E-state index in [0.29, 0.717) is 17.7 Å². The predicted octanol–water partition coefficient (Wildman–Crippen LogP) is 4.93. The standard InChI is InChI=1S/C22H19F6N3O3.C2HF3O2/c1-33-19-9-13(8-15(11-30)20(32)31-7-6-29)2-5-18(19)34-12-14-3-4-16(21(23,24)25)10-17(14)22(26,27)28;3-2(4,5)1(6)7/h2-5,8-10H,6-7,12,29H2,1H3,(H,31,32);(H,6,7)/b15-8+;. The number of nitriles is 1. The van der Waals surface area contributed by atoms with Gasteiger partial charge in [-0.15, -0.1) is 0 Å². The fourth-order valence-corrected chi connectivity index (χ4v) is 2.79. The lowest BCUT2D eigenvalue weighted by Gasteiger charge is -2.17. The Labute approximate surface area is 225 Å². The number of ether oxygens (including phenoxy) is 2. The molecule has 0 radical (unpaired) electrons. The van der Waals surface area contributed by atoms with Crippen molar-refractivity contribution < 1.29 is 63.7 Å². The number of nitrogens with one attached hydrogen (secondary N) is 1. The highest BCUT2D eigenvalue weighted by atomic mass is 19.4. The number of carbonyl (C=O) groups is 2. The molecule has 0 aromatic heterocycles. The van der Waals surface area contributed by atoms with Gasteiger partial charge in [0.1, 0.15) is 18.2 Å². The van der Waals surface area contributed by atoms with Gasteiger partial charge in [-0.1, -0.05) is 12.1 Å². The average molecular weight is 601 g/mol. The number of nitrogens with zero attached hydrogens (tertiary/aromatic N) is 1. The van der Waals surface area contributed by atoms with Crippen molar-refractivity contribution >= 4 is 18.0 Å². The second kappa shape index (κ2) is 14.3. The van der Waals surface area contributed by atoms with Crippen LogP contribution in [-0.4, -0.2) is 43.4 Å². The van der Waals surface area contributed by atoms with Gasteiger partial charge in [0.05, 0.1) is 18.2 Å². The summed E-state index contributed by atoms with van der Waals surface area (Å²) in [6, 6.07) is 7.14. The van der Waals surface area contributed by atoms with Crippen LogP contribution in [0.15, 0.2) is 42.0 Å². The first-order chi connectivity index (χ1) is 18.8. The van der Waals surface area contributed by atoms with E-state index in [9.17, 15) is 49.6 Å². The van der Waals surface area contributed by atoms with E-state index in [1.807, 2.05) is 0 Å². The van der Waals surface area contributed by atoms with Gasteiger partial charge in [0.15, 0.2) is 11.5 Å². The summed E-state index contributed by atoms with van der Waals surface area (Å²) in [6.45, 7) is -0.347. The molecule has 0 saturated heterocycles. The molecule has 0 unspecified atom stereocenters. The van der Waals surface area contributed by atoms with Crippen molar-refractivity contribution in [3.63, 3.8) is 0 Å². The van der Waals surface area contributed by atoms with Crippen LogP contribution < -0.4 is 20.5 Å². The van der Waals surface area contributed by atoms with Gasteiger partial charge in [0.2, 0.25) is 0 Å². The number of nitrogens with two attached hydrogens (primary N) is 1. The van der Waals surface area contributed by atoms with Crippen LogP contribution in [0.3, 0.4) is 0 Å². The van der Waals surface area contributed by atoms with Gasteiger partial charge in [-0.25, -0.2) is 4.79 Å². The van der Waals surface area contributed by atoms with Crippen LogP contribution in [0.5, 0.6) is 11.5 Å². The second-order valence-corrected chi connectivity index (χ2v) is 7.58. The Morgan fingerprint density at radius 3 is 2.07 bits per heavy atom. The second-order valence-electron chi connectivity index (χ2n) is 7.58. The summed E-state index contributed by atoms with van der Waals surface area (Å²) in [5, 5.41) is 18.7. The Bertz CT molecular complexity index is 1300. The van der Waals surface area contributed by atoms with Crippen molar-refractivity contribution in [2.45, 2.75) is 25.1 Å². The van der Waals surface area contributed by atoms with Gasteiger partial charge in [0, 0.05) is 18.7 Å². The Kier molecular flexibility index (Phi) is 12.0. The van der Waals surface area contributed by atoms with Gasteiger partial charge < -0.3 is 25.6 Å². The summed E-state index contributed by atoms with van der Waals surface area (Å²) >= 11 is 0. The number of carbonyl (C=O) groups excluding carboxylic acids is 1. The number of benzene rings is 2. The third-order valence-corrected chi connectivity index (χ3v) is 4.66. The largest absolute Gasteiger partial charge is 0.493 e. The normalized spacial score (nSPS) is 12.0. The Balaban J connectivity index is 0.00000106. The summed E-state index contributed by atoms with van der Waals surface area (Å²) in [4.78, 5) is 20.8. The zero-order valence-corrected chi connectivity index (χ0v) is 20.7. The monoisotopic (exact) mass is 601 g/mol. The Morgan fingerprint density at radius 1 is 1.00 bits per heavy atom. The number of alkyl halides is 9. The van der Waals surface area contributed by atoms with E-state index in [1.54, 1.807) is 6.07 Å². The van der Waals surface area contributed by atoms with E-state index in [2.05, 4.69) is 5.32 Å². The van der Waals surface area contributed by atoms with E-state index in [0.717, 1.165) is 0 Å². The lowest BCUT2D eigenvalue weighted by atomic mass is 10.0. The number of rotatable bonds is 8. The number of hydrogen-bond acceptors (Lipinski definition) is 6. The maximum atomic E-state index is 13.3. The zero-order valence-electron chi connectivity index (χ0n) is 20.7. The lowest BCUT2D eigenvalue weighted by molar-refractivity contribution is -0.192. The Morgan fingerprint density at radius 2 is 1.61 bits per heavy atom. The molecule has 2 aromatic carbocycles. The molecule has 0 aliphatic heterocycles. The lowest BCUT2D eigenvalue weighted by Crippen LogP contribution is -2.29. The molecule has 2 rings (SSSR count). The molecule has 0 spiro atoms. The fourth-order valence-electron chi connectivity index (χ4n) is 2.79. The maximum absolute atomic E-state index is 13.3. The molecule has 0 bridgehead atoms. The molecule has 41 heavy (non-hydrogen) atoms. The molecule has 2 aromatic rings. The minimum Gasteiger partial charge on any atom is -0.493 e. The summed E-state index contributed by atoms with van der Waals surface area (Å²) in [5.74, 6) is -3.34. The first-order valence-electron chi connectivity index (χ1n) is 10.8.